The molecule has 6 heteroatoms. The zero-order valence-electron chi connectivity index (χ0n) is 15.5. The van der Waals surface area contributed by atoms with Crippen molar-refractivity contribution >= 4 is 23.5 Å². The fraction of sp³-hybridized carbons (Fsp3) is 0.550. The van der Waals surface area contributed by atoms with Crippen molar-refractivity contribution < 1.29 is 19.5 Å². The van der Waals surface area contributed by atoms with Crippen LogP contribution in [0.5, 0.6) is 0 Å². The van der Waals surface area contributed by atoms with Gasteiger partial charge in [0, 0.05) is 31.0 Å². The molecule has 0 saturated heterocycles. The normalized spacial score (nSPS) is 11.6. The summed E-state index contributed by atoms with van der Waals surface area (Å²) < 4.78 is 0. The number of unbranched alkanes of at least 4 members (excludes halogenated alkanes) is 2. The van der Waals surface area contributed by atoms with E-state index in [4.69, 9.17) is 5.11 Å². The fourth-order valence-electron chi connectivity index (χ4n) is 2.65. The second-order valence-electron chi connectivity index (χ2n) is 6.46. The molecule has 0 spiro atoms. The van der Waals surface area contributed by atoms with Crippen LogP contribution in [0, 0.1) is 0 Å². The van der Waals surface area contributed by atoms with E-state index >= 15 is 0 Å². The number of aliphatic carboxylic acids is 1. The zero-order chi connectivity index (χ0) is 19.2. The lowest BCUT2D eigenvalue weighted by Crippen LogP contribution is -2.35. The average Bonchev–Trinajstić information content (AvgIpc) is 2.61. The fourth-order valence-corrected chi connectivity index (χ4v) is 2.65. The van der Waals surface area contributed by atoms with E-state index in [9.17, 15) is 14.4 Å². The predicted molar refractivity (Wildman–Crippen MR) is 102 cm³/mol. The number of para-hydroxylation sites is 1. The van der Waals surface area contributed by atoms with Crippen molar-refractivity contribution in [3.05, 3.63) is 30.3 Å². The van der Waals surface area contributed by atoms with Crippen LogP contribution in [0.15, 0.2) is 30.3 Å². The molecule has 3 N–H and O–H groups in total. The van der Waals surface area contributed by atoms with Crippen LogP contribution in [0.25, 0.3) is 0 Å². The molecule has 6 nitrogen and oxygen atoms in total. The number of nitrogens with one attached hydrogen (secondary N) is 2. The molecular formula is C20H30N2O4. The van der Waals surface area contributed by atoms with Crippen LogP contribution < -0.4 is 10.6 Å². The molecule has 1 atom stereocenters. The van der Waals surface area contributed by atoms with Crippen LogP contribution in [0.4, 0.5) is 5.69 Å². The summed E-state index contributed by atoms with van der Waals surface area (Å²) in [7, 11) is 0. The Balaban J connectivity index is 2.22. The predicted octanol–water partition coefficient (Wildman–Crippen LogP) is 3.73. The minimum absolute atomic E-state index is 0.0566. The highest BCUT2D eigenvalue weighted by Gasteiger charge is 2.13. The first-order chi connectivity index (χ1) is 12.5. The Hall–Kier alpha value is -2.37. The number of hydrogen-bond donors (Lipinski definition) is 3. The lowest BCUT2D eigenvalue weighted by atomic mass is 10.0. The molecule has 0 aromatic heterocycles. The van der Waals surface area contributed by atoms with Gasteiger partial charge in [-0.05, 0) is 37.8 Å². The smallest absolute Gasteiger partial charge is 0.303 e. The molecule has 0 aliphatic carbocycles. The van der Waals surface area contributed by atoms with Crippen molar-refractivity contribution in [3.63, 3.8) is 0 Å². The molecule has 2 amide bonds. The van der Waals surface area contributed by atoms with Gasteiger partial charge in [0.05, 0.1) is 0 Å². The van der Waals surface area contributed by atoms with Gasteiger partial charge < -0.3 is 15.7 Å². The summed E-state index contributed by atoms with van der Waals surface area (Å²) in [5.74, 6) is -0.968. The van der Waals surface area contributed by atoms with Gasteiger partial charge in [-0.15, -0.1) is 0 Å². The first-order valence-corrected chi connectivity index (χ1v) is 9.37. The summed E-state index contributed by atoms with van der Waals surface area (Å²) in [4.78, 5) is 34.6. The van der Waals surface area contributed by atoms with Gasteiger partial charge in [-0.25, -0.2) is 0 Å². The Morgan fingerprint density at radius 1 is 0.923 bits per heavy atom. The van der Waals surface area contributed by atoms with Crippen LogP contribution in [0.2, 0.25) is 0 Å². The van der Waals surface area contributed by atoms with E-state index in [0.717, 1.165) is 24.9 Å². The number of benzene rings is 1. The third-order valence-electron chi connectivity index (χ3n) is 4.09. The van der Waals surface area contributed by atoms with Gasteiger partial charge in [0.25, 0.3) is 0 Å². The molecule has 0 aliphatic rings. The SMILES string of the molecule is CCCC[C@H](CCC(=O)O)NC(=O)CCCCC(=O)Nc1ccccc1. The van der Waals surface area contributed by atoms with Gasteiger partial charge in [0.1, 0.15) is 0 Å². The van der Waals surface area contributed by atoms with Crippen LogP contribution in [0.3, 0.4) is 0 Å². The maximum atomic E-state index is 12.0. The maximum Gasteiger partial charge on any atom is 0.303 e. The van der Waals surface area contributed by atoms with Gasteiger partial charge in [-0.3, -0.25) is 14.4 Å². The third-order valence-corrected chi connectivity index (χ3v) is 4.09. The lowest BCUT2D eigenvalue weighted by molar-refractivity contribution is -0.137. The summed E-state index contributed by atoms with van der Waals surface area (Å²) >= 11 is 0. The van der Waals surface area contributed by atoms with Crippen LogP contribution in [-0.2, 0) is 14.4 Å². The molecule has 26 heavy (non-hydrogen) atoms. The molecule has 0 saturated carbocycles. The van der Waals surface area contributed by atoms with Crippen molar-refractivity contribution in [1.29, 1.82) is 0 Å². The second-order valence-corrected chi connectivity index (χ2v) is 6.46. The van der Waals surface area contributed by atoms with Crippen LogP contribution >= 0.6 is 0 Å². The Kier molecular flexibility index (Phi) is 10.8. The summed E-state index contributed by atoms with van der Waals surface area (Å²) in [6, 6.07) is 9.19. The monoisotopic (exact) mass is 362 g/mol. The van der Waals surface area contributed by atoms with Crippen molar-refractivity contribution in [2.24, 2.45) is 0 Å². The number of rotatable bonds is 13. The molecule has 0 heterocycles. The van der Waals surface area contributed by atoms with Gasteiger partial charge in [0.15, 0.2) is 0 Å². The standard InChI is InChI=1S/C20H30N2O4/c1-2-3-9-17(14-15-20(25)26)22-19(24)13-8-7-12-18(23)21-16-10-5-4-6-11-16/h4-6,10-11,17H,2-3,7-9,12-15H2,1H3,(H,21,23)(H,22,24)(H,25,26)/t17-/m1/s1. The van der Waals surface area contributed by atoms with E-state index in [1.807, 2.05) is 30.3 Å². The highest BCUT2D eigenvalue weighted by atomic mass is 16.4. The van der Waals surface area contributed by atoms with E-state index in [2.05, 4.69) is 17.6 Å². The number of anilines is 1. The quantitative estimate of drug-likeness (QED) is 0.466. The van der Waals surface area contributed by atoms with Crippen LogP contribution in [-0.4, -0.2) is 28.9 Å². The Labute approximate surface area is 155 Å². The lowest BCUT2D eigenvalue weighted by Gasteiger charge is -2.17. The summed E-state index contributed by atoms with van der Waals surface area (Å²) in [6.45, 7) is 2.07. The number of carboxylic acid groups (broad SMARTS) is 1. The van der Waals surface area contributed by atoms with Crippen molar-refractivity contribution in [3.8, 4) is 0 Å². The molecule has 0 fully saturated rings. The molecule has 1 aromatic rings. The molecule has 144 valence electrons. The number of carbonyl (C=O) groups is 3. The largest absolute Gasteiger partial charge is 0.481 e. The molecular weight excluding hydrogens is 332 g/mol. The van der Waals surface area contributed by atoms with Crippen LogP contribution in [0.1, 0.15) is 64.7 Å². The first kappa shape index (κ1) is 21.7. The van der Waals surface area contributed by atoms with E-state index < -0.39 is 5.97 Å². The van der Waals surface area contributed by atoms with Gasteiger partial charge >= 0.3 is 5.97 Å². The number of carbonyl (C=O) groups excluding carboxylic acids is 2. The van der Waals surface area contributed by atoms with Gasteiger partial charge in [-0.2, -0.15) is 0 Å². The van der Waals surface area contributed by atoms with Crippen molar-refractivity contribution in [2.45, 2.75) is 70.8 Å². The number of carboxylic acids is 1. The third kappa shape index (κ3) is 10.5. The highest BCUT2D eigenvalue weighted by Crippen LogP contribution is 2.10. The minimum atomic E-state index is -0.842. The highest BCUT2D eigenvalue weighted by molar-refractivity contribution is 5.90. The molecule has 1 rings (SSSR count). The van der Waals surface area contributed by atoms with Gasteiger partial charge in [-0.1, -0.05) is 38.0 Å². The second kappa shape index (κ2) is 12.9. The average molecular weight is 362 g/mol. The molecule has 0 unspecified atom stereocenters. The van der Waals surface area contributed by atoms with E-state index in [0.29, 0.717) is 32.1 Å². The maximum absolute atomic E-state index is 12.0. The van der Waals surface area contributed by atoms with E-state index in [1.54, 1.807) is 0 Å². The topological polar surface area (TPSA) is 95.5 Å². The number of hydrogen-bond acceptors (Lipinski definition) is 3. The summed E-state index contributed by atoms with van der Waals surface area (Å²) in [6.07, 6.45) is 5.30. The Morgan fingerprint density at radius 3 is 2.19 bits per heavy atom. The summed E-state index contributed by atoms with van der Waals surface area (Å²) in [5.41, 5.74) is 0.771. The molecule has 0 radical (unpaired) electrons. The molecule has 1 aromatic carbocycles. The molecule has 0 aliphatic heterocycles. The Morgan fingerprint density at radius 2 is 1.58 bits per heavy atom. The first-order valence-electron chi connectivity index (χ1n) is 9.37. The van der Waals surface area contributed by atoms with Crippen molar-refractivity contribution in [1.82, 2.24) is 5.32 Å². The minimum Gasteiger partial charge on any atom is -0.481 e. The molecule has 0 bridgehead atoms. The van der Waals surface area contributed by atoms with E-state index in [-0.39, 0.29) is 24.3 Å². The Bertz CT molecular complexity index is 560. The van der Waals surface area contributed by atoms with Gasteiger partial charge in [0.2, 0.25) is 11.8 Å². The summed E-state index contributed by atoms with van der Waals surface area (Å²) in [5, 5.41) is 14.6. The number of amides is 2. The zero-order valence-corrected chi connectivity index (χ0v) is 15.5. The van der Waals surface area contributed by atoms with E-state index in [1.165, 1.54) is 0 Å². The van der Waals surface area contributed by atoms with Crippen molar-refractivity contribution in [2.75, 3.05) is 5.32 Å².